The summed E-state index contributed by atoms with van der Waals surface area (Å²) in [5.74, 6) is -0.819. The molecule has 0 spiro atoms. The standard InChI is InChI=1S/C31H38ClN3O4S/c1-7-24(5)33-31(37)25(6)34(19-26-13-8-21(2)9-14-26)30(36)20-35(27-15-12-23(4)29(32)18-27)40(38,39)28-16-10-22(3)11-17-28/h8-18,24-25H,7,19-20H2,1-6H3,(H,33,37). The average Bonchev–Trinajstić information content (AvgIpc) is 2.92. The van der Waals surface area contributed by atoms with Crippen molar-refractivity contribution in [2.75, 3.05) is 10.8 Å². The zero-order valence-corrected chi connectivity index (χ0v) is 25.5. The van der Waals surface area contributed by atoms with Crippen LogP contribution in [-0.4, -0.2) is 43.8 Å². The Labute approximate surface area is 243 Å². The lowest BCUT2D eigenvalue weighted by Gasteiger charge is -2.32. The third kappa shape index (κ3) is 7.64. The second-order valence-electron chi connectivity index (χ2n) is 10.3. The van der Waals surface area contributed by atoms with Gasteiger partial charge in [0.05, 0.1) is 10.6 Å². The molecule has 0 bridgehead atoms. The van der Waals surface area contributed by atoms with Gasteiger partial charge in [0.2, 0.25) is 11.8 Å². The van der Waals surface area contributed by atoms with E-state index in [-0.39, 0.29) is 29.1 Å². The van der Waals surface area contributed by atoms with Gasteiger partial charge in [-0.25, -0.2) is 8.42 Å². The van der Waals surface area contributed by atoms with E-state index in [9.17, 15) is 18.0 Å². The van der Waals surface area contributed by atoms with Crippen molar-refractivity contribution in [2.24, 2.45) is 0 Å². The van der Waals surface area contributed by atoms with Gasteiger partial charge in [-0.3, -0.25) is 13.9 Å². The second kappa shape index (κ2) is 13.3. The van der Waals surface area contributed by atoms with E-state index >= 15 is 0 Å². The van der Waals surface area contributed by atoms with E-state index in [0.29, 0.717) is 5.02 Å². The molecule has 0 aliphatic carbocycles. The van der Waals surface area contributed by atoms with Crippen molar-refractivity contribution in [2.45, 2.75) is 71.5 Å². The molecular weight excluding hydrogens is 546 g/mol. The van der Waals surface area contributed by atoms with Crippen LogP contribution in [0.4, 0.5) is 5.69 Å². The topological polar surface area (TPSA) is 86.8 Å². The number of benzene rings is 3. The number of carbonyl (C=O) groups is 2. The Hall–Kier alpha value is -3.36. The highest BCUT2D eigenvalue weighted by molar-refractivity contribution is 7.92. The van der Waals surface area contributed by atoms with Gasteiger partial charge in [-0.2, -0.15) is 0 Å². The molecule has 214 valence electrons. The van der Waals surface area contributed by atoms with Crippen LogP contribution < -0.4 is 9.62 Å². The summed E-state index contributed by atoms with van der Waals surface area (Å²) in [5, 5.41) is 3.32. The molecule has 0 saturated heterocycles. The Kier molecular flexibility index (Phi) is 10.4. The fourth-order valence-corrected chi connectivity index (χ4v) is 5.62. The van der Waals surface area contributed by atoms with Crippen LogP contribution in [0, 0.1) is 20.8 Å². The van der Waals surface area contributed by atoms with E-state index in [0.717, 1.165) is 33.0 Å². The van der Waals surface area contributed by atoms with Gasteiger partial charge in [-0.1, -0.05) is 72.1 Å². The van der Waals surface area contributed by atoms with E-state index in [2.05, 4.69) is 5.32 Å². The van der Waals surface area contributed by atoms with Gasteiger partial charge in [-0.05, 0) is 76.4 Å². The normalized spacial score (nSPS) is 12.9. The molecule has 3 aromatic carbocycles. The summed E-state index contributed by atoms with van der Waals surface area (Å²) in [6.45, 7) is 10.8. The number of anilines is 1. The first kappa shape index (κ1) is 31.2. The summed E-state index contributed by atoms with van der Waals surface area (Å²) >= 11 is 6.38. The van der Waals surface area contributed by atoms with Crippen LogP contribution in [0.5, 0.6) is 0 Å². The van der Waals surface area contributed by atoms with Gasteiger partial charge < -0.3 is 10.2 Å². The summed E-state index contributed by atoms with van der Waals surface area (Å²) in [7, 11) is -4.15. The van der Waals surface area contributed by atoms with Crippen molar-refractivity contribution in [3.8, 4) is 0 Å². The molecule has 3 rings (SSSR count). The molecule has 2 unspecified atom stereocenters. The van der Waals surface area contributed by atoms with Crippen molar-refractivity contribution in [1.29, 1.82) is 0 Å². The number of amides is 2. The molecule has 2 amide bonds. The van der Waals surface area contributed by atoms with Gasteiger partial charge in [0.1, 0.15) is 12.6 Å². The zero-order chi connectivity index (χ0) is 29.6. The Morgan fingerprint density at radius 1 is 0.900 bits per heavy atom. The van der Waals surface area contributed by atoms with Crippen molar-refractivity contribution < 1.29 is 18.0 Å². The van der Waals surface area contributed by atoms with Crippen LogP contribution >= 0.6 is 11.6 Å². The molecule has 0 aromatic heterocycles. The minimum Gasteiger partial charge on any atom is -0.352 e. The number of hydrogen-bond acceptors (Lipinski definition) is 4. The molecule has 40 heavy (non-hydrogen) atoms. The first-order valence-corrected chi connectivity index (χ1v) is 15.2. The highest BCUT2D eigenvalue weighted by atomic mass is 35.5. The molecule has 0 aliphatic heterocycles. The van der Waals surface area contributed by atoms with Crippen molar-refractivity contribution in [3.63, 3.8) is 0 Å². The second-order valence-corrected chi connectivity index (χ2v) is 12.5. The summed E-state index contributed by atoms with van der Waals surface area (Å²) in [6, 6.07) is 18.1. The van der Waals surface area contributed by atoms with Gasteiger partial charge in [-0.15, -0.1) is 0 Å². The van der Waals surface area contributed by atoms with Crippen LogP contribution in [-0.2, 0) is 26.2 Å². The van der Waals surface area contributed by atoms with Crippen LogP contribution in [0.3, 0.4) is 0 Å². The van der Waals surface area contributed by atoms with Gasteiger partial charge in [0, 0.05) is 17.6 Å². The van der Waals surface area contributed by atoms with E-state index in [4.69, 9.17) is 11.6 Å². The summed E-state index contributed by atoms with van der Waals surface area (Å²) < 4.78 is 28.9. The molecule has 0 radical (unpaired) electrons. The van der Waals surface area contributed by atoms with Crippen molar-refractivity contribution >= 4 is 39.1 Å². The lowest BCUT2D eigenvalue weighted by atomic mass is 10.1. The monoisotopic (exact) mass is 583 g/mol. The van der Waals surface area contributed by atoms with E-state index in [1.165, 1.54) is 17.0 Å². The molecular formula is C31H38ClN3O4S. The number of aryl methyl sites for hydroxylation is 3. The van der Waals surface area contributed by atoms with Crippen LogP contribution in [0.25, 0.3) is 0 Å². The number of hydrogen-bond donors (Lipinski definition) is 1. The maximum absolute atomic E-state index is 14.0. The lowest BCUT2D eigenvalue weighted by molar-refractivity contribution is -0.139. The van der Waals surface area contributed by atoms with Gasteiger partial charge in [0.25, 0.3) is 10.0 Å². The molecule has 0 saturated carbocycles. The SMILES string of the molecule is CCC(C)NC(=O)C(C)N(Cc1ccc(C)cc1)C(=O)CN(c1ccc(C)c(Cl)c1)S(=O)(=O)c1ccc(C)cc1. The van der Waals surface area contributed by atoms with E-state index < -0.39 is 28.5 Å². The predicted molar refractivity (Wildman–Crippen MR) is 161 cm³/mol. The Balaban J connectivity index is 2.04. The third-order valence-electron chi connectivity index (χ3n) is 6.97. The molecule has 3 aromatic rings. The quantitative estimate of drug-likeness (QED) is 0.309. The molecule has 7 nitrogen and oxygen atoms in total. The fourth-order valence-electron chi connectivity index (χ4n) is 4.04. The molecule has 1 N–H and O–H groups in total. The number of nitrogens with zero attached hydrogens (tertiary/aromatic N) is 2. The number of nitrogens with one attached hydrogen (secondary N) is 1. The molecule has 9 heteroatoms. The molecule has 2 atom stereocenters. The average molecular weight is 584 g/mol. The van der Waals surface area contributed by atoms with Crippen molar-refractivity contribution in [1.82, 2.24) is 10.2 Å². The maximum atomic E-state index is 14.0. The summed E-state index contributed by atoms with van der Waals surface area (Å²) in [5.41, 5.74) is 3.84. The minimum absolute atomic E-state index is 0.0512. The third-order valence-corrected chi connectivity index (χ3v) is 9.17. The lowest BCUT2D eigenvalue weighted by Crippen LogP contribution is -2.52. The predicted octanol–water partition coefficient (Wildman–Crippen LogP) is 5.79. The van der Waals surface area contributed by atoms with E-state index in [1.807, 2.05) is 58.9 Å². The van der Waals surface area contributed by atoms with Gasteiger partial charge >= 0.3 is 0 Å². The zero-order valence-electron chi connectivity index (χ0n) is 23.9. The summed E-state index contributed by atoms with van der Waals surface area (Å²) in [4.78, 5) is 28.6. The number of rotatable bonds is 11. The Morgan fingerprint density at radius 3 is 2.02 bits per heavy atom. The van der Waals surface area contributed by atoms with Crippen LogP contribution in [0.2, 0.25) is 5.02 Å². The van der Waals surface area contributed by atoms with Crippen LogP contribution in [0.15, 0.2) is 71.6 Å². The van der Waals surface area contributed by atoms with Crippen molar-refractivity contribution in [3.05, 3.63) is 94.0 Å². The molecule has 0 aliphatic rings. The minimum atomic E-state index is -4.15. The number of sulfonamides is 1. The summed E-state index contributed by atoms with van der Waals surface area (Å²) in [6.07, 6.45) is 0.737. The highest BCUT2D eigenvalue weighted by Crippen LogP contribution is 2.29. The number of carbonyl (C=O) groups excluding carboxylic acids is 2. The molecule has 0 heterocycles. The van der Waals surface area contributed by atoms with Crippen LogP contribution in [0.1, 0.15) is 49.4 Å². The Morgan fingerprint density at radius 2 is 1.48 bits per heavy atom. The largest absolute Gasteiger partial charge is 0.352 e. The molecule has 0 fully saturated rings. The smallest absolute Gasteiger partial charge is 0.264 e. The highest BCUT2D eigenvalue weighted by Gasteiger charge is 2.33. The number of halogens is 1. The first-order valence-electron chi connectivity index (χ1n) is 13.3. The fraction of sp³-hybridized carbons (Fsp3) is 0.355. The first-order chi connectivity index (χ1) is 18.8. The van der Waals surface area contributed by atoms with Gasteiger partial charge in [0.15, 0.2) is 0 Å². The maximum Gasteiger partial charge on any atom is 0.264 e. The van der Waals surface area contributed by atoms with E-state index in [1.54, 1.807) is 37.3 Å². The Bertz CT molecular complexity index is 1440.